The van der Waals surface area contributed by atoms with Crippen LogP contribution >= 0.6 is 11.8 Å². The Morgan fingerprint density at radius 1 is 1.09 bits per heavy atom. The number of rotatable bonds is 4. The van der Waals surface area contributed by atoms with Crippen molar-refractivity contribution in [1.82, 2.24) is 0 Å². The molecule has 2 aromatic carbocycles. The van der Waals surface area contributed by atoms with Gasteiger partial charge in [0.05, 0.1) is 37.3 Å². The Bertz CT molecular complexity index is 1230. The van der Waals surface area contributed by atoms with Crippen LogP contribution in [-0.2, 0) is 16.0 Å². The van der Waals surface area contributed by atoms with Crippen molar-refractivity contribution >= 4 is 38.4 Å². The zero-order valence-electron chi connectivity index (χ0n) is 17.5. The van der Waals surface area contributed by atoms with Gasteiger partial charge >= 0.3 is 6.18 Å². The highest BCUT2D eigenvalue weighted by molar-refractivity contribution is 8.16. The fourth-order valence-corrected chi connectivity index (χ4v) is 7.73. The molecule has 4 rings (SSSR count). The molecule has 0 radical (unpaired) electrons. The Labute approximate surface area is 192 Å². The number of carbonyl (C=O) groups excluding carboxylic acids is 1. The number of hydrogen-bond acceptors (Lipinski definition) is 6. The summed E-state index contributed by atoms with van der Waals surface area (Å²) in [5.41, 5.74) is -0.560. The van der Waals surface area contributed by atoms with Crippen LogP contribution in [0.4, 0.5) is 18.9 Å². The zero-order valence-corrected chi connectivity index (χ0v) is 19.1. The Hall–Kier alpha value is -2.73. The van der Waals surface area contributed by atoms with Crippen LogP contribution in [-0.4, -0.2) is 56.5 Å². The monoisotopic (exact) mass is 500 g/mol. The molecule has 2 aliphatic heterocycles. The smallest absolute Gasteiger partial charge is 0.416 e. The number of anilines is 1. The number of amidine groups is 1. The molecule has 7 nitrogen and oxygen atoms in total. The Kier molecular flexibility index (Phi) is 6.08. The predicted octanol–water partition coefficient (Wildman–Crippen LogP) is 3.64. The van der Waals surface area contributed by atoms with Gasteiger partial charge in [0.25, 0.3) is 5.91 Å². The lowest BCUT2D eigenvalue weighted by molar-refractivity contribution is -0.137. The molecule has 2 aliphatic rings. The highest BCUT2D eigenvalue weighted by Crippen LogP contribution is 2.42. The highest BCUT2D eigenvalue weighted by Gasteiger charge is 2.49. The number of fused-ring (bicyclic) bond motifs is 1. The van der Waals surface area contributed by atoms with Gasteiger partial charge in [-0.15, -0.1) is 0 Å². The number of aliphatic imine (C=N–C) groups is 1. The molecule has 0 saturated carbocycles. The van der Waals surface area contributed by atoms with Crippen LogP contribution in [0.25, 0.3) is 0 Å². The fraction of sp³-hybridized carbons (Fsp3) is 0.333. The molecule has 0 spiro atoms. The van der Waals surface area contributed by atoms with E-state index in [-0.39, 0.29) is 27.9 Å². The van der Waals surface area contributed by atoms with Crippen molar-refractivity contribution in [2.45, 2.75) is 17.5 Å². The summed E-state index contributed by atoms with van der Waals surface area (Å²) in [5, 5.41) is -0.291. The topological polar surface area (TPSA) is 85.3 Å². The average Bonchev–Trinajstić information content (AvgIpc) is 3.23. The van der Waals surface area contributed by atoms with Gasteiger partial charge in [-0.05, 0) is 36.4 Å². The summed E-state index contributed by atoms with van der Waals surface area (Å²) in [5.74, 6) is -0.271. The van der Waals surface area contributed by atoms with Crippen molar-refractivity contribution in [2.75, 3.05) is 30.6 Å². The summed E-state index contributed by atoms with van der Waals surface area (Å²) in [6.45, 7) is 0. The van der Waals surface area contributed by atoms with Gasteiger partial charge in [-0.1, -0.05) is 17.8 Å². The standard InChI is InChI=1S/C21H19F3N2O5S2/c1-30-16-7-6-12(8-17(16)31-2)19(27)25-20-26(15-10-33(28,29)11-18(15)32-20)14-5-3-4-13(9-14)21(22,23)24/h3-9,15,18H,10-11H2,1-2H3/t15-,18+/m0/s1. The van der Waals surface area contributed by atoms with Gasteiger partial charge in [0.1, 0.15) is 0 Å². The Morgan fingerprint density at radius 3 is 2.48 bits per heavy atom. The molecule has 2 saturated heterocycles. The fourth-order valence-electron chi connectivity index (χ4n) is 3.82. The molecule has 12 heteroatoms. The van der Waals surface area contributed by atoms with Crippen LogP contribution in [0.1, 0.15) is 15.9 Å². The second kappa shape index (κ2) is 8.56. The minimum atomic E-state index is -4.57. The highest BCUT2D eigenvalue weighted by atomic mass is 32.2. The Balaban J connectivity index is 1.74. The number of amides is 1. The maximum atomic E-state index is 13.3. The summed E-state index contributed by atoms with van der Waals surface area (Å²) >= 11 is 1.08. The molecule has 0 bridgehead atoms. The normalized spacial score (nSPS) is 22.9. The van der Waals surface area contributed by atoms with Crippen LogP contribution in [0.15, 0.2) is 47.5 Å². The largest absolute Gasteiger partial charge is 0.493 e. The SMILES string of the molecule is COc1ccc(C(=O)N=C2S[C@@H]3CS(=O)(=O)C[C@@H]3N2c2cccc(C(F)(F)F)c2)cc1OC. The van der Waals surface area contributed by atoms with Gasteiger partial charge in [0, 0.05) is 16.5 Å². The summed E-state index contributed by atoms with van der Waals surface area (Å²) in [7, 11) is -0.489. The van der Waals surface area contributed by atoms with E-state index in [1.165, 1.54) is 43.4 Å². The van der Waals surface area contributed by atoms with E-state index in [4.69, 9.17) is 9.47 Å². The van der Waals surface area contributed by atoms with Gasteiger partial charge in [-0.3, -0.25) is 4.79 Å². The minimum Gasteiger partial charge on any atom is -0.493 e. The second-order valence-corrected chi connectivity index (χ2v) is 10.8. The number of benzene rings is 2. The van der Waals surface area contributed by atoms with Crippen molar-refractivity contribution in [1.29, 1.82) is 0 Å². The summed E-state index contributed by atoms with van der Waals surface area (Å²) in [4.78, 5) is 18.5. The molecule has 2 fully saturated rings. The Morgan fingerprint density at radius 2 is 1.82 bits per heavy atom. The van der Waals surface area contributed by atoms with Crippen LogP contribution in [0.3, 0.4) is 0 Å². The maximum Gasteiger partial charge on any atom is 0.416 e. The molecule has 176 valence electrons. The van der Waals surface area contributed by atoms with E-state index in [0.29, 0.717) is 11.5 Å². The quantitative estimate of drug-likeness (QED) is 0.634. The molecule has 2 aromatic rings. The number of methoxy groups -OCH3 is 2. The van der Waals surface area contributed by atoms with Crippen molar-refractivity contribution in [3.8, 4) is 11.5 Å². The van der Waals surface area contributed by atoms with Crippen LogP contribution < -0.4 is 14.4 Å². The molecule has 33 heavy (non-hydrogen) atoms. The predicted molar refractivity (Wildman–Crippen MR) is 119 cm³/mol. The molecule has 0 N–H and O–H groups in total. The average molecular weight is 501 g/mol. The van der Waals surface area contributed by atoms with Crippen LogP contribution in [0, 0.1) is 0 Å². The summed E-state index contributed by atoms with van der Waals surface area (Å²) < 4.78 is 74.6. The first-order valence-electron chi connectivity index (χ1n) is 9.71. The number of sulfone groups is 1. The first-order valence-corrected chi connectivity index (χ1v) is 12.4. The van der Waals surface area contributed by atoms with E-state index in [0.717, 1.165) is 23.9 Å². The van der Waals surface area contributed by atoms with Crippen LogP contribution in [0.5, 0.6) is 11.5 Å². The lowest BCUT2D eigenvalue weighted by Crippen LogP contribution is -2.37. The number of thioether (sulfide) groups is 1. The minimum absolute atomic E-state index is 0.126. The lowest BCUT2D eigenvalue weighted by atomic mass is 10.1. The molecular weight excluding hydrogens is 481 g/mol. The molecule has 0 aromatic heterocycles. The number of halogens is 3. The van der Waals surface area contributed by atoms with E-state index in [9.17, 15) is 26.4 Å². The zero-order chi connectivity index (χ0) is 24.0. The summed E-state index contributed by atoms with van der Waals surface area (Å²) in [6.07, 6.45) is -4.57. The van der Waals surface area contributed by atoms with Crippen molar-refractivity contribution in [3.63, 3.8) is 0 Å². The first kappa shape index (κ1) is 23.4. The van der Waals surface area contributed by atoms with Crippen LogP contribution in [0.2, 0.25) is 0 Å². The van der Waals surface area contributed by atoms with Gasteiger partial charge in [0.2, 0.25) is 0 Å². The van der Waals surface area contributed by atoms with E-state index in [1.54, 1.807) is 6.07 Å². The van der Waals surface area contributed by atoms with Crippen molar-refractivity contribution < 1.29 is 35.9 Å². The van der Waals surface area contributed by atoms with Crippen molar-refractivity contribution in [3.05, 3.63) is 53.6 Å². The third-order valence-corrected chi connectivity index (χ3v) is 8.56. The number of carbonyl (C=O) groups is 1. The number of nitrogens with zero attached hydrogens (tertiary/aromatic N) is 2. The van der Waals surface area contributed by atoms with E-state index in [1.807, 2.05) is 0 Å². The number of hydrogen-bond donors (Lipinski definition) is 0. The number of ether oxygens (including phenoxy) is 2. The van der Waals surface area contributed by atoms with Gasteiger partial charge in [-0.25, -0.2) is 8.42 Å². The first-order chi connectivity index (χ1) is 15.5. The molecule has 2 heterocycles. The van der Waals surface area contributed by atoms with Gasteiger partial charge in [-0.2, -0.15) is 18.2 Å². The van der Waals surface area contributed by atoms with Gasteiger partial charge in [0.15, 0.2) is 26.5 Å². The molecule has 1 amide bonds. The molecule has 0 aliphatic carbocycles. The third kappa shape index (κ3) is 4.67. The maximum absolute atomic E-state index is 13.3. The van der Waals surface area contributed by atoms with E-state index < -0.39 is 38.8 Å². The third-order valence-electron chi connectivity index (χ3n) is 5.35. The van der Waals surface area contributed by atoms with Gasteiger partial charge < -0.3 is 14.4 Å². The van der Waals surface area contributed by atoms with Crippen molar-refractivity contribution in [2.24, 2.45) is 4.99 Å². The molecular formula is C21H19F3N2O5S2. The number of alkyl halides is 3. The molecule has 2 atom stereocenters. The second-order valence-electron chi connectivity index (χ2n) is 7.49. The van der Waals surface area contributed by atoms with E-state index in [2.05, 4.69) is 4.99 Å². The molecule has 0 unspecified atom stereocenters. The lowest BCUT2D eigenvalue weighted by Gasteiger charge is -2.25. The summed E-state index contributed by atoms with van der Waals surface area (Å²) in [6, 6.07) is 8.41. The van der Waals surface area contributed by atoms with E-state index >= 15 is 0 Å².